The zero-order chi connectivity index (χ0) is 33.0. The minimum absolute atomic E-state index is 0.0264. The molecule has 1 heterocycles. The van der Waals surface area contributed by atoms with Crippen LogP contribution in [0, 0.1) is 5.92 Å². The second kappa shape index (κ2) is 11.4. The average molecular weight is 627 g/mol. The summed E-state index contributed by atoms with van der Waals surface area (Å²) in [7, 11) is 0. The molecule has 236 valence electrons. The van der Waals surface area contributed by atoms with Crippen LogP contribution in [0.2, 0.25) is 0 Å². The number of allylic oxidation sites excluding steroid dienone is 2. The zero-order valence-electron chi connectivity index (χ0n) is 24.3. The van der Waals surface area contributed by atoms with Crippen molar-refractivity contribution in [1.82, 2.24) is 0 Å². The lowest BCUT2D eigenvalue weighted by Gasteiger charge is -2.38. The number of aliphatic hydroxyl groups is 1. The van der Waals surface area contributed by atoms with E-state index in [1.165, 1.54) is 54.6 Å². The fourth-order valence-corrected chi connectivity index (χ4v) is 6.58. The Hall–Kier alpha value is -5.68. The zero-order valence-corrected chi connectivity index (χ0v) is 24.3. The van der Waals surface area contributed by atoms with E-state index in [0.29, 0.717) is 0 Å². The summed E-state index contributed by atoms with van der Waals surface area (Å²) in [5, 5.41) is 85.2. The van der Waals surface area contributed by atoms with Gasteiger partial charge in [0.2, 0.25) is 0 Å². The molecule has 5 atom stereocenters. The van der Waals surface area contributed by atoms with E-state index in [-0.39, 0.29) is 63.0 Å². The smallest absolute Gasteiger partial charge is 0.199 e. The van der Waals surface area contributed by atoms with Gasteiger partial charge in [-0.15, -0.1) is 0 Å². The number of carbonyl (C=O) groups is 2. The number of hydrogen-bond acceptors (Lipinski definition) is 11. The molecule has 0 aromatic heterocycles. The molecule has 0 radical (unpaired) electrons. The topological polar surface area (TPSA) is 205 Å². The molecule has 6 rings (SSSR count). The first kappa shape index (κ1) is 30.4. The van der Waals surface area contributed by atoms with Crippen LogP contribution in [0.25, 0.3) is 0 Å². The molecule has 4 aromatic carbocycles. The lowest BCUT2D eigenvalue weighted by Crippen LogP contribution is -2.36. The van der Waals surface area contributed by atoms with Crippen molar-refractivity contribution < 1.29 is 55.2 Å². The van der Waals surface area contributed by atoms with E-state index in [9.17, 15) is 50.4 Å². The molecule has 0 saturated carbocycles. The fourth-order valence-electron chi connectivity index (χ4n) is 6.58. The van der Waals surface area contributed by atoms with E-state index >= 15 is 0 Å². The summed E-state index contributed by atoms with van der Waals surface area (Å²) in [6, 6.07) is 13.7. The largest absolute Gasteiger partial charge is 0.508 e. The van der Waals surface area contributed by atoms with E-state index in [0.717, 1.165) is 17.7 Å². The first-order chi connectivity index (χ1) is 21.8. The lowest BCUT2D eigenvalue weighted by atomic mass is 9.65. The van der Waals surface area contributed by atoms with Crippen LogP contribution in [0.4, 0.5) is 0 Å². The summed E-state index contributed by atoms with van der Waals surface area (Å²) in [6.45, 7) is 1.77. The monoisotopic (exact) mass is 626 g/mol. The number of rotatable bonds is 5. The summed E-state index contributed by atoms with van der Waals surface area (Å²) in [5.41, 5.74) is 0.659. The number of phenolic OH excluding ortho intramolecular Hbond substituents is 7. The maximum Gasteiger partial charge on any atom is 0.199 e. The molecular weight excluding hydrogens is 596 g/mol. The molecular formula is C35H30O11. The van der Waals surface area contributed by atoms with Crippen molar-refractivity contribution in [2.45, 2.75) is 37.4 Å². The van der Waals surface area contributed by atoms with Gasteiger partial charge < -0.3 is 45.6 Å². The van der Waals surface area contributed by atoms with Crippen molar-refractivity contribution in [1.29, 1.82) is 0 Å². The van der Waals surface area contributed by atoms with Crippen LogP contribution in [-0.4, -0.2) is 58.5 Å². The van der Waals surface area contributed by atoms with Crippen LogP contribution >= 0.6 is 0 Å². The molecule has 5 unspecified atom stereocenters. The molecule has 11 heteroatoms. The quantitative estimate of drug-likeness (QED) is 0.109. The Kier molecular flexibility index (Phi) is 7.49. The van der Waals surface area contributed by atoms with Gasteiger partial charge in [-0.05, 0) is 61.4 Å². The molecule has 0 spiro atoms. The van der Waals surface area contributed by atoms with Crippen LogP contribution in [-0.2, 0) is 0 Å². The summed E-state index contributed by atoms with van der Waals surface area (Å²) in [5.74, 6) is -6.94. The van der Waals surface area contributed by atoms with Crippen LogP contribution in [0.1, 0.15) is 68.7 Å². The average Bonchev–Trinajstić information content (AvgIpc) is 2.99. The third-order valence-electron chi connectivity index (χ3n) is 8.69. The molecule has 0 fully saturated rings. The van der Waals surface area contributed by atoms with Gasteiger partial charge >= 0.3 is 0 Å². The second-order valence-electron chi connectivity index (χ2n) is 11.6. The van der Waals surface area contributed by atoms with Crippen LogP contribution < -0.4 is 4.74 Å². The number of hydrogen-bond donors (Lipinski definition) is 8. The van der Waals surface area contributed by atoms with E-state index in [4.69, 9.17) is 4.74 Å². The van der Waals surface area contributed by atoms with Crippen molar-refractivity contribution in [3.8, 4) is 46.0 Å². The number of carbonyl (C=O) groups excluding carboxylic acids is 2. The number of Topliss-reactive ketones (excluding diaryl/α,β-unsaturated/α-hetero) is 2. The first-order valence-electron chi connectivity index (χ1n) is 14.4. The lowest BCUT2D eigenvalue weighted by molar-refractivity contribution is 0.0207. The highest BCUT2D eigenvalue weighted by atomic mass is 16.5. The van der Waals surface area contributed by atoms with E-state index < -0.39 is 58.8 Å². The third-order valence-corrected chi connectivity index (χ3v) is 8.69. The number of benzene rings is 4. The molecule has 8 N–H and O–H groups in total. The van der Waals surface area contributed by atoms with Gasteiger partial charge in [0.05, 0.1) is 11.1 Å². The molecule has 1 aliphatic carbocycles. The molecule has 4 aromatic rings. The summed E-state index contributed by atoms with van der Waals surface area (Å²) in [6.07, 6.45) is -1.31. The Morgan fingerprint density at radius 3 is 2.09 bits per heavy atom. The predicted octanol–water partition coefficient (Wildman–Crippen LogP) is 5.02. The van der Waals surface area contributed by atoms with Crippen molar-refractivity contribution in [3.63, 3.8) is 0 Å². The Morgan fingerprint density at radius 2 is 1.39 bits per heavy atom. The van der Waals surface area contributed by atoms with Crippen LogP contribution in [0.15, 0.2) is 78.4 Å². The van der Waals surface area contributed by atoms with Crippen molar-refractivity contribution in [2.24, 2.45) is 5.92 Å². The molecule has 0 amide bonds. The molecule has 1 aliphatic heterocycles. The molecule has 11 nitrogen and oxygen atoms in total. The highest BCUT2D eigenvalue weighted by molar-refractivity contribution is 6.03. The number of ketones is 2. The van der Waals surface area contributed by atoms with Gasteiger partial charge in [-0.2, -0.15) is 0 Å². The number of ether oxygens (including phenoxy) is 1. The van der Waals surface area contributed by atoms with E-state index in [2.05, 4.69) is 0 Å². The van der Waals surface area contributed by atoms with Gasteiger partial charge in [-0.3, -0.25) is 9.59 Å². The van der Waals surface area contributed by atoms with Crippen molar-refractivity contribution >= 4 is 11.6 Å². The Bertz CT molecular complexity index is 1930. The van der Waals surface area contributed by atoms with Crippen LogP contribution in [0.5, 0.6) is 46.0 Å². The van der Waals surface area contributed by atoms with Gasteiger partial charge in [0.25, 0.3) is 0 Å². The number of aromatic hydroxyl groups is 7. The number of phenols is 7. The van der Waals surface area contributed by atoms with Gasteiger partial charge in [0, 0.05) is 47.1 Å². The molecule has 0 saturated heterocycles. The minimum Gasteiger partial charge on any atom is -0.508 e. The first-order valence-corrected chi connectivity index (χ1v) is 14.4. The van der Waals surface area contributed by atoms with E-state index in [1.807, 2.05) is 0 Å². The standard InChI is InChI=1S/C35H30O11/c1-15-10-23(19-5-2-16(36)12-26(19)40)29(31(42)20-6-3-17(37)13-27(20)41)24(11-15)30-25(39)9-8-22(32(30)43)35-34(45)33(44)21-7-4-18(38)14-28(21)46-35/h2-9,11-14,23-24,29,34-41,43,45H,10H2,1H3. The maximum absolute atomic E-state index is 14.4. The van der Waals surface area contributed by atoms with Crippen molar-refractivity contribution in [2.75, 3.05) is 0 Å². The Balaban J connectivity index is 1.53. The predicted molar refractivity (Wildman–Crippen MR) is 163 cm³/mol. The highest BCUT2D eigenvalue weighted by Crippen LogP contribution is 2.54. The fraction of sp³-hybridized carbons (Fsp3) is 0.200. The summed E-state index contributed by atoms with van der Waals surface area (Å²) in [4.78, 5) is 27.4. The maximum atomic E-state index is 14.4. The minimum atomic E-state index is -1.77. The summed E-state index contributed by atoms with van der Waals surface area (Å²) >= 11 is 0. The third kappa shape index (κ3) is 5.10. The van der Waals surface area contributed by atoms with Gasteiger partial charge in [0.1, 0.15) is 46.0 Å². The normalized spacial score (nSPS) is 22.4. The van der Waals surface area contributed by atoms with E-state index in [1.54, 1.807) is 13.0 Å². The SMILES string of the molecule is CC1=CC(c2c(O)ccc(C3Oc4cc(O)ccc4C(=O)C3O)c2O)C(C(=O)c2ccc(O)cc2O)C(c2ccc(O)cc2O)C1. The van der Waals surface area contributed by atoms with Gasteiger partial charge in [-0.1, -0.05) is 17.7 Å². The number of fused-ring (bicyclic) bond motifs is 1. The second-order valence-corrected chi connectivity index (χ2v) is 11.6. The van der Waals surface area contributed by atoms with Gasteiger partial charge in [0.15, 0.2) is 23.8 Å². The Morgan fingerprint density at radius 1 is 0.761 bits per heavy atom. The van der Waals surface area contributed by atoms with Gasteiger partial charge in [-0.25, -0.2) is 0 Å². The molecule has 46 heavy (non-hydrogen) atoms. The Labute approximate surface area is 262 Å². The molecule has 0 bridgehead atoms. The van der Waals surface area contributed by atoms with Crippen LogP contribution in [0.3, 0.4) is 0 Å². The summed E-state index contributed by atoms with van der Waals surface area (Å²) < 4.78 is 5.89. The highest BCUT2D eigenvalue weighted by Gasteiger charge is 2.45. The van der Waals surface area contributed by atoms with Crippen molar-refractivity contribution in [3.05, 3.63) is 106 Å². The molecule has 2 aliphatic rings. The number of aliphatic hydroxyl groups excluding tert-OH is 1.